The van der Waals surface area contributed by atoms with E-state index in [2.05, 4.69) is 10.3 Å². The van der Waals surface area contributed by atoms with Gasteiger partial charge in [-0.15, -0.1) is 11.8 Å². The van der Waals surface area contributed by atoms with Crippen LogP contribution in [0.5, 0.6) is 17.2 Å². The summed E-state index contributed by atoms with van der Waals surface area (Å²) in [7, 11) is 1.57. The van der Waals surface area contributed by atoms with E-state index in [4.69, 9.17) is 14.2 Å². The number of pyridine rings is 1. The van der Waals surface area contributed by atoms with Crippen molar-refractivity contribution in [2.75, 3.05) is 19.7 Å². The Bertz CT molecular complexity index is 1110. The molecule has 1 aliphatic heterocycles. The molecule has 0 radical (unpaired) electrons. The Morgan fingerprint density at radius 2 is 2.03 bits per heavy atom. The highest BCUT2D eigenvalue weighted by molar-refractivity contribution is 7.99. The monoisotopic (exact) mass is 412 g/mol. The molecule has 1 amide bonds. The third-order valence-electron chi connectivity index (χ3n) is 4.51. The molecule has 0 aliphatic carbocycles. The summed E-state index contributed by atoms with van der Waals surface area (Å²) < 4.78 is 15.8. The van der Waals surface area contributed by atoms with Crippen molar-refractivity contribution in [3.05, 3.63) is 63.9 Å². The zero-order valence-corrected chi connectivity index (χ0v) is 16.6. The molecule has 0 saturated heterocycles. The summed E-state index contributed by atoms with van der Waals surface area (Å²) in [5.74, 6) is 2.83. The Morgan fingerprint density at radius 3 is 2.90 bits per heavy atom. The van der Waals surface area contributed by atoms with Gasteiger partial charge in [0.05, 0.1) is 12.9 Å². The van der Waals surface area contributed by atoms with Crippen LogP contribution in [-0.2, 0) is 17.1 Å². The lowest BCUT2D eigenvalue weighted by atomic mass is 10.2. The van der Waals surface area contributed by atoms with E-state index in [1.807, 2.05) is 24.3 Å². The molecule has 0 saturated carbocycles. The van der Waals surface area contributed by atoms with Crippen molar-refractivity contribution in [1.82, 2.24) is 10.3 Å². The molecule has 150 valence electrons. The van der Waals surface area contributed by atoms with Gasteiger partial charge in [-0.05, 0) is 35.9 Å². The summed E-state index contributed by atoms with van der Waals surface area (Å²) in [5.41, 5.74) is 2.41. The van der Waals surface area contributed by atoms with E-state index in [0.717, 1.165) is 22.5 Å². The van der Waals surface area contributed by atoms with Crippen LogP contribution in [0.4, 0.5) is 0 Å². The number of rotatable bonds is 7. The third-order valence-corrected chi connectivity index (χ3v) is 5.49. The molecular weight excluding hydrogens is 392 g/mol. The second-order valence-corrected chi connectivity index (χ2v) is 7.51. The highest BCUT2D eigenvalue weighted by atomic mass is 32.2. The summed E-state index contributed by atoms with van der Waals surface area (Å²) in [4.78, 5) is 27.7. The molecule has 1 aromatic heterocycles. The van der Waals surface area contributed by atoms with Crippen LogP contribution in [-0.4, -0.2) is 30.5 Å². The second kappa shape index (κ2) is 8.48. The van der Waals surface area contributed by atoms with Crippen molar-refractivity contribution >= 4 is 28.6 Å². The van der Waals surface area contributed by atoms with E-state index >= 15 is 0 Å². The normalized spacial score (nSPS) is 12.2. The molecule has 8 heteroatoms. The Balaban J connectivity index is 1.29. The number of thioether (sulfide) groups is 1. The maximum absolute atomic E-state index is 12.3. The van der Waals surface area contributed by atoms with E-state index in [0.29, 0.717) is 34.9 Å². The molecule has 2 heterocycles. The molecule has 1 aliphatic rings. The van der Waals surface area contributed by atoms with Gasteiger partial charge in [-0.1, -0.05) is 6.07 Å². The fourth-order valence-electron chi connectivity index (χ4n) is 3.04. The van der Waals surface area contributed by atoms with Gasteiger partial charge in [0.25, 0.3) is 0 Å². The largest absolute Gasteiger partial charge is 0.497 e. The number of hydrogen-bond acceptors (Lipinski definition) is 6. The molecule has 3 aromatic rings. The van der Waals surface area contributed by atoms with Crippen LogP contribution in [0.1, 0.15) is 11.3 Å². The van der Waals surface area contributed by atoms with Crippen molar-refractivity contribution in [2.24, 2.45) is 0 Å². The van der Waals surface area contributed by atoms with Gasteiger partial charge in [0.15, 0.2) is 16.9 Å². The minimum absolute atomic E-state index is 0.0689. The molecule has 0 fully saturated rings. The predicted molar refractivity (Wildman–Crippen MR) is 112 cm³/mol. The summed E-state index contributed by atoms with van der Waals surface area (Å²) >= 11 is 1.44. The SMILES string of the molecule is COc1ccc2[nH]c(CSCC(=O)NCc3ccc4c(c3)OCO4)cc(=O)c2c1. The number of ether oxygens (including phenoxy) is 3. The lowest BCUT2D eigenvalue weighted by Crippen LogP contribution is -2.24. The Hall–Kier alpha value is -3.13. The molecule has 7 nitrogen and oxygen atoms in total. The molecule has 4 rings (SSSR count). The molecule has 0 unspecified atom stereocenters. The first-order valence-corrected chi connectivity index (χ1v) is 10.2. The van der Waals surface area contributed by atoms with Gasteiger partial charge in [0.1, 0.15) is 5.75 Å². The van der Waals surface area contributed by atoms with E-state index in [1.54, 1.807) is 25.3 Å². The van der Waals surface area contributed by atoms with Crippen LogP contribution in [0, 0.1) is 0 Å². The molecule has 0 spiro atoms. The van der Waals surface area contributed by atoms with Crippen LogP contribution in [0.2, 0.25) is 0 Å². The van der Waals surface area contributed by atoms with Crippen LogP contribution in [0.3, 0.4) is 0 Å². The van der Waals surface area contributed by atoms with Crippen molar-refractivity contribution in [3.63, 3.8) is 0 Å². The predicted octanol–water partition coefficient (Wildman–Crippen LogP) is 2.82. The number of carbonyl (C=O) groups excluding carboxylic acids is 1. The number of hydrogen-bond donors (Lipinski definition) is 2. The summed E-state index contributed by atoms with van der Waals surface area (Å²) in [6.45, 7) is 0.650. The molecule has 29 heavy (non-hydrogen) atoms. The van der Waals surface area contributed by atoms with Crippen molar-refractivity contribution in [1.29, 1.82) is 0 Å². The van der Waals surface area contributed by atoms with Crippen LogP contribution in [0.25, 0.3) is 10.9 Å². The van der Waals surface area contributed by atoms with Crippen LogP contribution in [0.15, 0.2) is 47.3 Å². The lowest BCUT2D eigenvalue weighted by molar-refractivity contribution is -0.118. The van der Waals surface area contributed by atoms with Crippen molar-refractivity contribution in [2.45, 2.75) is 12.3 Å². The molecule has 0 atom stereocenters. The van der Waals surface area contributed by atoms with Crippen LogP contribution >= 0.6 is 11.8 Å². The second-order valence-electron chi connectivity index (χ2n) is 6.53. The van der Waals surface area contributed by atoms with Gasteiger partial charge in [-0.25, -0.2) is 0 Å². The Labute approximate surface area is 171 Å². The number of carbonyl (C=O) groups is 1. The average Bonchev–Trinajstić information content (AvgIpc) is 3.20. The van der Waals surface area contributed by atoms with Gasteiger partial charge in [0.2, 0.25) is 12.7 Å². The van der Waals surface area contributed by atoms with E-state index < -0.39 is 0 Å². The van der Waals surface area contributed by atoms with Gasteiger partial charge in [-0.3, -0.25) is 9.59 Å². The first-order valence-electron chi connectivity index (χ1n) is 9.05. The van der Waals surface area contributed by atoms with E-state index in [1.165, 1.54) is 11.8 Å². The number of aromatic nitrogens is 1. The summed E-state index contributed by atoms with van der Waals surface area (Å²) in [5, 5.41) is 3.47. The number of amides is 1. The first kappa shape index (κ1) is 19.2. The van der Waals surface area contributed by atoms with Gasteiger partial charge in [0, 0.05) is 35.0 Å². The summed E-state index contributed by atoms with van der Waals surface area (Å²) in [6.07, 6.45) is 0. The Morgan fingerprint density at radius 1 is 1.17 bits per heavy atom. The Kier molecular flexibility index (Phi) is 5.62. The molecule has 2 aromatic carbocycles. The van der Waals surface area contributed by atoms with Gasteiger partial charge >= 0.3 is 0 Å². The number of benzene rings is 2. The number of nitrogens with one attached hydrogen (secondary N) is 2. The van der Waals surface area contributed by atoms with Crippen LogP contribution < -0.4 is 25.0 Å². The topological polar surface area (TPSA) is 89.7 Å². The number of aromatic amines is 1. The number of fused-ring (bicyclic) bond motifs is 2. The maximum atomic E-state index is 12.3. The average molecular weight is 412 g/mol. The van der Waals surface area contributed by atoms with Crippen molar-refractivity contribution in [3.8, 4) is 17.2 Å². The smallest absolute Gasteiger partial charge is 0.231 e. The zero-order valence-electron chi connectivity index (χ0n) is 15.8. The first-order chi connectivity index (χ1) is 14.1. The fraction of sp³-hybridized carbons (Fsp3) is 0.238. The fourth-order valence-corrected chi connectivity index (χ4v) is 3.81. The van der Waals surface area contributed by atoms with E-state index in [9.17, 15) is 9.59 Å². The lowest BCUT2D eigenvalue weighted by Gasteiger charge is -2.08. The minimum atomic E-state index is -0.0690. The zero-order chi connectivity index (χ0) is 20.2. The number of H-pyrrole nitrogens is 1. The quantitative estimate of drug-likeness (QED) is 0.620. The molecular formula is C21H20N2O5S. The van der Waals surface area contributed by atoms with Gasteiger partial charge < -0.3 is 24.5 Å². The number of methoxy groups -OCH3 is 1. The standard InChI is InChI=1S/C21H20N2O5S/c1-26-15-3-4-17-16(8-15)18(24)7-14(23-17)10-29-11-21(25)22-9-13-2-5-19-20(6-13)28-12-27-19/h2-8H,9-12H2,1H3,(H,22,25)(H,23,24). The maximum Gasteiger partial charge on any atom is 0.231 e. The third kappa shape index (κ3) is 4.48. The summed E-state index contributed by atoms with van der Waals surface area (Å²) in [6, 6.07) is 12.5. The highest BCUT2D eigenvalue weighted by Crippen LogP contribution is 2.32. The molecule has 2 N–H and O–H groups in total. The highest BCUT2D eigenvalue weighted by Gasteiger charge is 2.13. The minimum Gasteiger partial charge on any atom is -0.497 e. The van der Waals surface area contributed by atoms with Crippen molar-refractivity contribution < 1.29 is 19.0 Å². The van der Waals surface area contributed by atoms with E-state index in [-0.39, 0.29) is 18.1 Å². The molecule has 0 bridgehead atoms. The van der Waals surface area contributed by atoms with Gasteiger partial charge in [-0.2, -0.15) is 0 Å².